The fourth-order valence-electron chi connectivity index (χ4n) is 2.13. The molecule has 1 N–H and O–H groups in total. The highest BCUT2D eigenvalue weighted by molar-refractivity contribution is 5.41. The second-order valence-corrected chi connectivity index (χ2v) is 4.55. The van der Waals surface area contributed by atoms with Crippen molar-refractivity contribution in [2.24, 2.45) is 0 Å². The molecular formula is C16H18O. The zero-order chi connectivity index (χ0) is 12.4. The number of hydrogen-bond acceptors (Lipinski definition) is 1. The fraction of sp³-hybridized carbons (Fsp3) is 0.250. The van der Waals surface area contributed by atoms with Gasteiger partial charge in [0.2, 0.25) is 0 Å². The van der Waals surface area contributed by atoms with Crippen LogP contribution in [0.1, 0.15) is 33.9 Å². The molecule has 2 aromatic carbocycles. The number of aryl methyl sites for hydroxylation is 2. The topological polar surface area (TPSA) is 20.2 Å². The Hall–Kier alpha value is -1.60. The van der Waals surface area contributed by atoms with Gasteiger partial charge in [-0.15, -0.1) is 0 Å². The van der Waals surface area contributed by atoms with Gasteiger partial charge in [0.1, 0.15) is 6.10 Å². The smallest absolute Gasteiger partial charge is 0.105 e. The van der Waals surface area contributed by atoms with E-state index in [4.69, 9.17) is 0 Å². The lowest BCUT2D eigenvalue weighted by Crippen LogP contribution is -2.04. The quantitative estimate of drug-likeness (QED) is 0.828. The Morgan fingerprint density at radius 3 is 2.06 bits per heavy atom. The molecule has 0 spiro atoms. The number of rotatable bonds is 2. The summed E-state index contributed by atoms with van der Waals surface area (Å²) in [6.45, 7) is 6.17. The van der Waals surface area contributed by atoms with E-state index in [2.05, 4.69) is 19.9 Å². The molecule has 0 saturated carbocycles. The Labute approximate surface area is 103 Å². The summed E-state index contributed by atoms with van der Waals surface area (Å²) >= 11 is 0. The van der Waals surface area contributed by atoms with E-state index in [0.717, 1.165) is 16.7 Å². The first-order valence-electron chi connectivity index (χ1n) is 5.91. The van der Waals surface area contributed by atoms with Gasteiger partial charge in [0.15, 0.2) is 0 Å². The van der Waals surface area contributed by atoms with Crippen LogP contribution in [0, 0.1) is 20.8 Å². The van der Waals surface area contributed by atoms with Crippen LogP contribution in [-0.2, 0) is 0 Å². The van der Waals surface area contributed by atoms with Crippen LogP contribution in [0.5, 0.6) is 0 Å². The molecule has 0 aromatic heterocycles. The SMILES string of the molecule is Cc1ccccc1C(O)c1cccc(C)c1C. The van der Waals surface area contributed by atoms with Gasteiger partial charge in [-0.25, -0.2) is 0 Å². The molecule has 1 nitrogen and oxygen atoms in total. The van der Waals surface area contributed by atoms with Crippen molar-refractivity contribution in [2.75, 3.05) is 0 Å². The van der Waals surface area contributed by atoms with Gasteiger partial charge in [-0.05, 0) is 48.6 Å². The molecule has 2 aromatic rings. The largest absolute Gasteiger partial charge is 0.384 e. The van der Waals surface area contributed by atoms with Crippen LogP contribution in [0.3, 0.4) is 0 Å². The van der Waals surface area contributed by atoms with Crippen molar-refractivity contribution in [3.8, 4) is 0 Å². The molecule has 0 bridgehead atoms. The minimum absolute atomic E-state index is 0.531. The third kappa shape index (κ3) is 2.25. The molecule has 17 heavy (non-hydrogen) atoms. The molecule has 88 valence electrons. The number of aliphatic hydroxyl groups is 1. The van der Waals surface area contributed by atoms with Gasteiger partial charge < -0.3 is 5.11 Å². The second kappa shape index (κ2) is 4.72. The van der Waals surface area contributed by atoms with Crippen LogP contribution in [0.2, 0.25) is 0 Å². The standard InChI is InChI=1S/C16H18O/c1-11-8-6-10-15(13(11)3)16(17)14-9-5-4-7-12(14)2/h4-10,16-17H,1-3H3. The summed E-state index contributed by atoms with van der Waals surface area (Å²) in [7, 11) is 0. The van der Waals surface area contributed by atoms with Crippen molar-refractivity contribution < 1.29 is 5.11 Å². The van der Waals surface area contributed by atoms with Crippen LogP contribution in [0.15, 0.2) is 42.5 Å². The van der Waals surface area contributed by atoms with Crippen LogP contribution in [-0.4, -0.2) is 5.11 Å². The maximum Gasteiger partial charge on any atom is 0.105 e. The lowest BCUT2D eigenvalue weighted by molar-refractivity contribution is 0.218. The zero-order valence-corrected chi connectivity index (χ0v) is 10.6. The minimum Gasteiger partial charge on any atom is -0.384 e. The normalized spacial score (nSPS) is 12.5. The highest BCUT2D eigenvalue weighted by atomic mass is 16.3. The van der Waals surface area contributed by atoms with E-state index in [0.29, 0.717) is 0 Å². The predicted octanol–water partition coefficient (Wildman–Crippen LogP) is 3.69. The highest BCUT2D eigenvalue weighted by Gasteiger charge is 2.14. The third-order valence-electron chi connectivity index (χ3n) is 3.42. The Kier molecular flexibility index (Phi) is 3.30. The van der Waals surface area contributed by atoms with Gasteiger partial charge >= 0.3 is 0 Å². The molecule has 0 heterocycles. The Balaban J connectivity index is 2.48. The summed E-state index contributed by atoms with van der Waals surface area (Å²) < 4.78 is 0. The Morgan fingerprint density at radius 1 is 0.765 bits per heavy atom. The van der Waals surface area contributed by atoms with Crippen molar-refractivity contribution in [2.45, 2.75) is 26.9 Å². The Bertz CT molecular complexity index is 529. The summed E-state index contributed by atoms with van der Waals surface area (Å²) in [4.78, 5) is 0. The zero-order valence-electron chi connectivity index (χ0n) is 10.6. The summed E-state index contributed by atoms with van der Waals surface area (Å²) in [5, 5.41) is 10.5. The first kappa shape index (κ1) is 11.9. The molecule has 1 unspecified atom stereocenters. The van der Waals surface area contributed by atoms with Crippen molar-refractivity contribution in [1.82, 2.24) is 0 Å². The predicted molar refractivity (Wildman–Crippen MR) is 71.2 cm³/mol. The van der Waals surface area contributed by atoms with Crippen molar-refractivity contribution >= 4 is 0 Å². The first-order chi connectivity index (χ1) is 8.11. The van der Waals surface area contributed by atoms with Crippen molar-refractivity contribution in [3.05, 3.63) is 70.3 Å². The van der Waals surface area contributed by atoms with Crippen molar-refractivity contribution in [3.63, 3.8) is 0 Å². The van der Waals surface area contributed by atoms with E-state index in [-0.39, 0.29) is 0 Å². The molecule has 0 amide bonds. The van der Waals surface area contributed by atoms with E-state index in [1.54, 1.807) is 0 Å². The van der Waals surface area contributed by atoms with Gasteiger partial charge in [-0.2, -0.15) is 0 Å². The summed E-state index contributed by atoms with van der Waals surface area (Å²) in [6.07, 6.45) is -0.531. The van der Waals surface area contributed by atoms with E-state index < -0.39 is 6.10 Å². The number of hydrogen-bond donors (Lipinski definition) is 1. The molecule has 0 aliphatic carbocycles. The summed E-state index contributed by atoms with van der Waals surface area (Å²) in [5.74, 6) is 0. The molecular weight excluding hydrogens is 208 g/mol. The number of benzene rings is 2. The molecule has 0 fully saturated rings. The van der Waals surface area contributed by atoms with Gasteiger partial charge in [0.05, 0.1) is 0 Å². The molecule has 0 aliphatic rings. The maximum absolute atomic E-state index is 10.5. The molecule has 2 rings (SSSR count). The first-order valence-corrected chi connectivity index (χ1v) is 5.91. The lowest BCUT2D eigenvalue weighted by Gasteiger charge is -2.17. The van der Waals surface area contributed by atoms with Gasteiger partial charge in [0, 0.05) is 0 Å². The average Bonchev–Trinajstić information content (AvgIpc) is 2.32. The Morgan fingerprint density at radius 2 is 1.35 bits per heavy atom. The van der Waals surface area contributed by atoms with Gasteiger partial charge in [0.25, 0.3) is 0 Å². The average molecular weight is 226 g/mol. The number of aliphatic hydroxyl groups excluding tert-OH is 1. The summed E-state index contributed by atoms with van der Waals surface area (Å²) in [5.41, 5.74) is 5.50. The molecule has 0 saturated heterocycles. The van der Waals surface area contributed by atoms with Crippen LogP contribution >= 0.6 is 0 Å². The maximum atomic E-state index is 10.5. The monoisotopic (exact) mass is 226 g/mol. The molecule has 0 radical (unpaired) electrons. The van der Waals surface area contributed by atoms with E-state index in [1.165, 1.54) is 11.1 Å². The van der Waals surface area contributed by atoms with Crippen LogP contribution in [0.4, 0.5) is 0 Å². The van der Waals surface area contributed by atoms with E-state index in [1.807, 2.05) is 43.3 Å². The van der Waals surface area contributed by atoms with Crippen LogP contribution < -0.4 is 0 Å². The molecule has 1 atom stereocenters. The van der Waals surface area contributed by atoms with Gasteiger partial charge in [-0.1, -0.05) is 42.5 Å². The van der Waals surface area contributed by atoms with E-state index >= 15 is 0 Å². The fourth-order valence-corrected chi connectivity index (χ4v) is 2.13. The van der Waals surface area contributed by atoms with Gasteiger partial charge in [-0.3, -0.25) is 0 Å². The molecule has 1 heteroatoms. The summed E-state index contributed by atoms with van der Waals surface area (Å²) in [6, 6.07) is 14.1. The molecule has 0 aliphatic heterocycles. The van der Waals surface area contributed by atoms with Crippen LogP contribution in [0.25, 0.3) is 0 Å². The lowest BCUT2D eigenvalue weighted by atomic mass is 9.93. The second-order valence-electron chi connectivity index (χ2n) is 4.55. The minimum atomic E-state index is -0.531. The van der Waals surface area contributed by atoms with Crippen molar-refractivity contribution in [1.29, 1.82) is 0 Å². The highest BCUT2D eigenvalue weighted by Crippen LogP contribution is 2.28. The van der Waals surface area contributed by atoms with E-state index in [9.17, 15) is 5.11 Å². The third-order valence-corrected chi connectivity index (χ3v) is 3.42.